The van der Waals surface area contributed by atoms with Gasteiger partial charge in [0.2, 0.25) is 10.1 Å². The van der Waals surface area contributed by atoms with Gasteiger partial charge in [-0.25, -0.2) is 0 Å². The standard InChI is InChI=1S/Al.BO.H2OSi.H2O.Zn/c;2*1-2;;/h;;2H2;1H2;. The second-order valence-electron chi connectivity index (χ2n) is 0. The molecule has 0 amide bonds. The Bertz CT molecular complexity index is 16.9. The predicted molar refractivity (Wildman–Crippen MR) is 25.0 cm³/mol. The van der Waals surface area contributed by atoms with Crippen molar-refractivity contribution < 1.29 is 34.1 Å². The summed E-state index contributed by atoms with van der Waals surface area (Å²) in [5.41, 5.74) is 0. The molecular formula is H4AlBO3SiZn. The second kappa shape index (κ2) is 253. The molecule has 0 heterocycles. The van der Waals surface area contributed by atoms with E-state index in [4.69, 9.17) is 9.17 Å². The molecule has 0 aromatic carbocycles. The Kier molecular flexibility index (Phi) is 1570. The van der Waals surface area contributed by atoms with Gasteiger partial charge in [0.1, 0.15) is 0 Å². The molecule has 0 saturated carbocycles. The fraction of sp³-hybridized carbons (Fsp3) is 0. The van der Waals surface area contributed by atoms with Gasteiger partial charge in [-0.05, 0) is 0 Å². The number of hydrogen-bond donors (Lipinski definition) is 0. The third-order valence-electron chi connectivity index (χ3n) is 0. The van der Waals surface area contributed by atoms with E-state index in [2.05, 4.69) is 7.72 Å². The number of rotatable bonds is 0. The minimum atomic E-state index is 0. The molecule has 0 saturated heterocycles. The molecule has 0 atom stereocenters. The van der Waals surface area contributed by atoms with Gasteiger partial charge in [-0.2, -0.15) is 0 Å². The molecule has 0 aromatic heterocycles. The SMILES string of the molecule is O.O=[SiH2].[Al].[B]=O.[Zn]. The fourth-order valence-corrected chi connectivity index (χ4v) is 0. The molecule has 4 radical (unpaired) electrons. The van der Waals surface area contributed by atoms with Gasteiger partial charge in [0.15, 0.2) is 0 Å². The zero-order chi connectivity index (χ0) is 4.00. The van der Waals surface area contributed by atoms with E-state index in [1.807, 2.05) is 0 Å². The molecule has 0 aliphatic heterocycles. The maximum Gasteiger partial charge on any atom is 0 e. The van der Waals surface area contributed by atoms with Gasteiger partial charge < -0.3 is 9.94 Å². The van der Waals surface area contributed by atoms with Crippen molar-refractivity contribution in [2.75, 3.05) is 0 Å². The van der Waals surface area contributed by atoms with Crippen molar-refractivity contribution in [1.29, 1.82) is 0 Å². The summed E-state index contributed by atoms with van der Waals surface area (Å²) in [7, 11) is 3.86. The van der Waals surface area contributed by atoms with Crippen LogP contribution in [0.4, 0.5) is 0 Å². The molecule has 0 aromatic rings. The molecule has 3 nitrogen and oxygen atoms in total. The Hall–Kier alpha value is 0.998. The van der Waals surface area contributed by atoms with E-state index in [1.54, 1.807) is 0 Å². The first-order valence-electron chi connectivity index (χ1n) is 0.524. The molecule has 0 spiro atoms. The van der Waals surface area contributed by atoms with E-state index in [1.165, 1.54) is 0 Å². The smallest absolute Gasteiger partial charge is 0 e. The molecule has 0 bridgehead atoms. The summed E-state index contributed by atoms with van der Waals surface area (Å²) in [6, 6.07) is 0. The van der Waals surface area contributed by atoms with Crippen LogP contribution >= 0.6 is 0 Å². The molecule has 7 heteroatoms. The van der Waals surface area contributed by atoms with Gasteiger partial charge in [-0.1, -0.05) is 0 Å². The molecule has 0 aliphatic rings. The molecule has 0 aliphatic carbocycles. The monoisotopic (exact) mass is 182 g/mol. The summed E-state index contributed by atoms with van der Waals surface area (Å²) in [5, 5.41) is 0. The minimum Gasteiger partial charge on any atom is 0 e. The Morgan fingerprint density at radius 3 is 1.14 bits per heavy atom. The largest absolute Gasteiger partial charge is 0 e. The van der Waals surface area contributed by atoms with Gasteiger partial charge >= 0.3 is 12.4 Å². The minimum absolute atomic E-state index is 0. The molecule has 0 rings (SSSR count). The van der Waals surface area contributed by atoms with E-state index in [0.29, 0.717) is 10.1 Å². The Morgan fingerprint density at radius 2 is 1.14 bits per heavy atom. The summed E-state index contributed by atoms with van der Waals surface area (Å²) < 4.78 is 16.0. The Balaban J connectivity index is -0.00000000267. The first-order valence-corrected chi connectivity index (χ1v) is 1.10. The summed E-state index contributed by atoms with van der Waals surface area (Å²) in [5.74, 6) is 0. The predicted octanol–water partition coefficient (Wildman–Crippen LogP) is -2.74. The van der Waals surface area contributed by atoms with E-state index in [9.17, 15) is 0 Å². The van der Waals surface area contributed by atoms with Crippen LogP contribution in [0.2, 0.25) is 0 Å². The van der Waals surface area contributed by atoms with Crippen LogP contribution < -0.4 is 0 Å². The summed E-state index contributed by atoms with van der Waals surface area (Å²) >= 11 is 0. The van der Waals surface area contributed by atoms with Crippen LogP contribution in [0.1, 0.15) is 0 Å². The normalized spacial score (nSPS) is 1.00. The Morgan fingerprint density at radius 1 is 1.14 bits per heavy atom. The van der Waals surface area contributed by atoms with Crippen molar-refractivity contribution in [3.05, 3.63) is 0 Å². The van der Waals surface area contributed by atoms with Crippen LogP contribution in [0.25, 0.3) is 0 Å². The molecule has 2 N–H and O–H groups in total. The van der Waals surface area contributed by atoms with Crippen molar-refractivity contribution in [3.8, 4) is 0 Å². The van der Waals surface area contributed by atoms with Crippen molar-refractivity contribution in [2.45, 2.75) is 0 Å². The van der Waals surface area contributed by atoms with Crippen LogP contribution in [0.15, 0.2) is 0 Å². The zero-order valence-electron chi connectivity index (χ0n) is 3.89. The first kappa shape index (κ1) is 43.6. The third kappa shape index (κ3) is 176. The van der Waals surface area contributed by atoms with E-state index >= 15 is 0 Å². The van der Waals surface area contributed by atoms with Crippen molar-refractivity contribution in [1.82, 2.24) is 0 Å². The van der Waals surface area contributed by atoms with Crippen LogP contribution in [0.3, 0.4) is 0 Å². The maximum atomic E-state index is 8.28. The third-order valence-corrected chi connectivity index (χ3v) is 0. The van der Waals surface area contributed by atoms with Gasteiger partial charge in [0, 0.05) is 36.8 Å². The summed E-state index contributed by atoms with van der Waals surface area (Å²) in [4.78, 5) is 0. The van der Waals surface area contributed by atoms with E-state index in [-0.39, 0.29) is 42.3 Å². The van der Waals surface area contributed by atoms with Crippen LogP contribution in [-0.4, -0.2) is 40.7 Å². The van der Waals surface area contributed by atoms with Crippen molar-refractivity contribution in [3.63, 3.8) is 0 Å². The van der Waals surface area contributed by atoms with Crippen LogP contribution in [0.5, 0.6) is 0 Å². The average molecular weight is 183 g/mol. The van der Waals surface area contributed by atoms with Gasteiger partial charge in [0.05, 0.1) is 0 Å². The summed E-state index contributed by atoms with van der Waals surface area (Å²) in [6.45, 7) is 0. The average Bonchev–Trinajstić information content (AvgIpc) is 1.50. The van der Waals surface area contributed by atoms with E-state index < -0.39 is 0 Å². The Labute approximate surface area is 69.3 Å². The molecule has 7 heavy (non-hydrogen) atoms. The van der Waals surface area contributed by atoms with Crippen molar-refractivity contribution >= 4 is 35.2 Å². The molecule has 0 fully saturated rings. The first-order chi connectivity index (χ1) is 2.00. The molecule has 0 unspecified atom stereocenters. The second-order valence-corrected chi connectivity index (χ2v) is 0. The van der Waals surface area contributed by atoms with Gasteiger partial charge in [-0.3, -0.25) is 0 Å². The fourth-order valence-electron chi connectivity index (χ4n) is 0. The topological polar surface area (TPSA) is 65.6 Å². The maximum absolute atomic E-state index is 8.28. The quantitative estimate of drug-likeness (QED) is 0.382. The zero-order valence-corrected chi connectivity index (χ0v) is 9.42. The van der Waals surface area contributed by atoms with Gasteiger partial charge in [-0.15, -0.1) is 0 Å². The summed E-state index contributed by atoms with van der Waals surface area (Å²) in [6.07, 6.45) is 0. The van der Waals surface area contributed by atoms with Crippen LogP contribution in [0, 0.1) is 0 Å². The van der Waals surface area contributed by atoms with E-state index in [0.717, 1.165) is 0 Å². The van der Waals surface area contributed by atoms with Gasteiger partial charge in [0.25, 0.3) is 0 Å². The van der Waals surface area contributed by atoms with Crippen molar-refractivity contribution in [2.24, 2.45) is 0 Å². The van der Waals surface area contributed by atoms with Crippen LogP contribution in [-0.2, 0) is 28.6 Å². The number of hydrogen-bond acceptors (Lipinski definition) is 2. The molecule has 34 valence electrons. The molecular weight excluding hydrogens is 179 g/mol.